The lowest BCUT2D eigenvalue weighted by Gasteiger charge is -2.36. The van der Waals surface area contributed by atoms with Gasteiger partial charge in [0.1, 0.15) is 12.1 Å². The maximum absolute atomic E-state index is 12.3. The Bertz CT molecular complexity index is 671. The molecule has 0 radical (unpaired) electrons. The maximum atomic E-state index is 12.3. The standard InChI is InChI=1S/C17H20N4O2/c1-20-8-6-17(12-18,7-9-20)19-15(22)11-21-10-13-4-2-3-5-14(13)16(21)23/h2-5H,6-11H2,1H3,(H,19,22). The Kier molecular flexibility index (Phi) is 4.05. The van der Waals surface area contributed by atoms with Gasteiger partial charge in [0, 0.05) is 25.2 Å². The van der Waals surface area contributed by atoms with E-state index in [0.717, 1.165) is 18.7 Å². The molecule has 2 heterocycles. The highest BCUT2D eigenvalue weighted by atomic mass is 16.2. The van der Waals surface area contributed by atoms with Gasteiger partial charge in [-0.3, -0.25) is 9.59 Å². The highest BCUT2D eigenvalue weighted by Crippen LogP contribution is 2.23. The van der Waals surface area contributed by atoms with Gasteiger partial charge >= 0.3 is 0 Å². The van der Waals surface area contributed by atoms with Crippen LogP contribution in [0.3, 0.4) is 0 Å². The second kappa shape index (κ2) is 6.01. The zero-order valence-corrected chi connectivity index (χ0v) is 13.2. The summed E-state index contributed by atoms with van der Waals surface area (Å²) in [6, 6.07) is 9.65. The number of fused-ring (bicyclic) bond motifs is 1. The number of nitriles is 1. The third-order valence-electron chi connectivity index (χ3n) is 4.66. The van der Waals surface area contributed by atoms with Gasteiger partial charge in [0.2, 0.25) is 5.91 Å². The number of benzene rings is 1. The summed E-state index contributed by atoms with van der Waals surface area (Å²) in [5, 5.41) is 12.3. The zero-order valence-electron chi connectivity index (χ0n) is 13.2. The van der Waals surface area contributed by atoms with Gasteiger partial charge in [0.05, 0.1) is 6.07 Å². The van der Waals surface area contributed by atoms with Crippen LogP contribution in [0.5, 0.6) is 0 Å². The second-order valence-electron chi connectivity index (χ2n) is 6.36. The van der Waals surface area contributed by atoms with E-state index in [-0.39, 0.29) is 18.4 Å². The molecule has 1 aromatic rings. The molecular formula is C17H20N4O2. The number of carbonyl (C=O) groups excluding carboxylic acids is 2. The second-order valence-corrected chi connectivity index (χ2v) is 6.36. The van der Waals surface area contributed by atoms with E-state index >= 15 is 0 Å². The molecule has 0 spiro atoms. The van der Waals surface area contributed by atoms with Crippen LogP contribution < -0.4 is 5.32 Å². The predicted molar refractivity (Wildman–Crippen MR) is 84.4 cm³/mol. The van der Waals surface area contributed by atoms with Gasteiger partial charge in [-0.2, -0.15) is 5.26 Å². The minimum atomic E-state index is -0.806. The van der Waals surface area contributed by atoms with Crippen LogP contribution in [-0.2, 0) is 11.3 Å². The Morgan fingerprint density at radius 1 is 1.35 bits per heavy atom. The first kappa shape index (κ1) is 15.5. The number of piperidine rings is 1. The fraction of sp³-hybridized carbons (Fsp3) is 0.471. The van der Waals surface area contributed by atoms with Gasteiger partial charge in [-0.05, 0) is 31.5 Å². The van der Waals surface area contributed by atoms with Crippen molar-refractivity contribution in [2.75, 3.05) is 26.7 Å². The minimum Gasteiger partial charge on any atom is -0.336 e. The van der Waals surface area contributed by atoms with Crippen molar-refractivity contribution in [3.63, 3.8) is 0 Å². The minimum absolute atomic E-state index is 0.00716. The van der Waals surface area contributed by atoms with E-state index in [1.807, 2.05) is 25.2 Å². The molecule has 0 bridgehead atoms. The van der Waals surface area contributed by atoms with Crippen molar-refractivity contribution < 1.29 is 9.59 Å². The maximum Gasteiger partial charge on any atom is 0.254 e. The lowest BCUT2D eigenvalue weighted by atomic mass is 9.89. The van der Waals surface area contributed by atoms with E-state index in [0.29, 0.717) is 24.9 Å². The quantitative estimate of drug-likeness (QED) is 0.893. The summed E-state index contributed by atoms with van der Waals surface area (Å²) >= 11 is 0. The first-order chi connectivity index (χ1) is 11.0. The number of carbonyl (C=O) groups is 2. The molecule has 6 nitrogen and oxygen atoms in total. The molecular weight excluding hydrogens is 292 g/mol. The Morgan fingerprint density at radius 2 is 2.04 bits per heavy atom. The van der Waals surface area contributed by atoms with Crippen molar-refractivity contribution in [1.82, 2.24) is 15.1 Å². The van der Waals surface area contributed by atoms with Crippen LogP contribution in [0.25, 0.3) is 0 Å². The molecule has 2 aliphatic rings. The zero-order chi connectivity index (χ0) is 16.4. The van der Waals surface area contributed by atoms with E-state index in [1.54, 1.807) is 6.07 Å². The average Bonchev–Trinajstić information content (AvgIpc) is 2.86. The number of nitrogens with zero attached hydrogens (tertiary/aromatic N) is 3. The monoisotopic (exact) mass is 312 g/mol. The normalized spacial score (nSPS) is 20.0. The molecule has 1 N–H and O–H groups in total. The highest BCUT2D eigenvalue weighted by molar-refractivity contribution is 6.00. The number of nitrogens with one attached hydrogen (secondary N) is 1. The molecule has 120 valence electrons. The molecule has 2 aliphatic heterocycles. The van der Waals surface area contributed by atoms with Crippen LogP contribution in [0.15, 0.2) is 24.3 Å². The van der Waals surface area contributed by atoms with Gasteiger partial charge in [-0.25, -0.2) is 0 Å². The van der Waals surface area contributed by atoms with E-state index in [1.165, 1.54) is 4.90 Å². The van der Waals surface area contributed by atoms with Gasteiger partial charge in [0.15, 0.2) is 0 Å². The van der Waals surface area contributed by atoms with Crippen molar-refractivity contribution in [3.05, 3.63) is 35.4 Å². The van der Waals surface area contributed by atoms with E-state index < -0.39 is 5.54 Å². The lowest BCUT2D eigenvalue weighted by molar-refractivity contribution is -0.123. The molecule has 23 heavy (non-hydrogen) atoms. The van der Waals surface area contributed by atoms with Gasteiger partial charge in [0.25, 0.3) is 5.91 Å². The fourth-order valence-corrected chi connectivity index (χ4v) is 3.19. The number of rotatable bonds is 3. The summed E-state index contributed by atoms with van der Waals surface area (Å²) in [5.74, 6) is -0.387. The fourth-order valence-electron chi connectivity index (χ4n) is 3.19. The highest BCUT2D eigenvalue weighted by Gasteiger charge is 2.36. The van der Waals surface area contributed by atoms with Gasteiger partial charge < -0.3 is 15.1 Å². The number of hydrogen-bond acceptors (Lipinski definition) is 4. The summed E-state index contributed by atoms with van der Waals surface area (Å²) in [4.78, 5) is 28.3. The molecule has 1 aromatic carbocycles. The molecule has 0 atom stereocenters. The first-order valence-electron chi connectivity index (χ1n) is 7.81. The van der Waals surface area contributed by atoms with Crippen LogP contribution >= 0.6 is 0 Å². The average molecular weight is 312 g/mol. The summed E-state index contributed by atoms with van der Waals surface area (Å²) in [6.07, 6.45) is 1.22. The van der Waals surface area contributed by atoms with Crippen LogP contribution in [0.1, 0.15) is 28.8 Å². The smallest absolute Gasteiger partial charge is 0.254 e. The molecule has 0 unspecified atom stereocenters. The molecule has 1 saturated heterocycles. The van der Waals surface area contributed by atoms with Crippen LogP contribution in [0, 0.1) is 11.3 Å². The number of amides is 2. The molecule has 3 rings (SSSR count). The SMILES string of the molecule is CN1CCC(C#N)(NC(=O)CN2Cc3ccccc3C2=O)CC1. The third-order valence-corrected chi connectivity index (χ3v) is 4.66. The largest absolute Gasteiger partial charge is 0.336 e. The predicted octanol–water partition coefficient (Wildman–Crippen LogP) is 0.747. The van der Waals surface area contributed by atoms with Crippen molar-refractivity contribution >= 4 is 11.8 Å². The molecule has 0 saturated carbocycles. The topological polar surface area (TPSA) is 76.4 Å². The molecule has 0 aliphatic carbocycles. The summed E-state index contributed by atoms with van der Waals surface area (Å²) in [6.45, 7) is 2.00. The van der Waals surface area contributed by atoms with Crippen molar-refractivity contribution in [3.8, 4) is 6.07 Å². The molecule has 6 heteroatoms. The van der Waals surface area contributed by atoms with Crippen LogP contribution in [0.2, 0.25) is 0 Å². The van der Waals surface area contributed by atoms with E-state index in [4.69, 9.17) is 0 Å². The first-order valence-corrected chi connectivity index (χ1v) is 7.81. The Morgan fingerprint density at radius 3 is 2.70 bits per heavy atom. The summed E-state index contributed by atoms with van der Waals surface area (Å²) in [7, 11) is 2.00. The van der Waals surface area contributed by atoms with Crippen molar-refractivity contribution in [2.45, 2.75) is 24.9 Å². The van der Waals surface area contributed by atoms with Crippen molar-refractivity contribution in [1.29, 1.82) is 5.26 Å². The lowest BCUT2D eigenvalue weighted by Crippen LogP contribution is -2.55. The van der Waals surface area contributed by atoms with Crippen LogP contribution in [-0.4, -0.2) is 53.8 Å². The molecule has 0 aromatic heterocycles. The van der Waals surface area contributed by atoms with E-state index in [9.17, 15) is 14.9 Å². The number of hydrogen-bond donors (Lipinski definition) is 1. The van der Waals surface area contributed by atoms with Gasteiger partial charge in [-0.15, -0.1) is 0 Å². The Balaban J connectivity index is 1.62. The van der Waals surface area contributed by atoms with Crippen LogP contribution in [0.4, 0.5) is 0 Å². The molecule has 1 fully saturated rings. The number of likely N-dealkylation sites (tertiary alicyclic amines) is 1. The summed E-state index contributed by atoms with van der Waals surface area (Å²) in [5.41, 5.74) is 0.799. The third kappa shape index (κ3) is 3.06. The molecule has 2 amide bonds. The Labute approximate surface area is 135 Å². The van der Waals surface area contributed by atoms with Crippen molar-refractivity contribution in [2.24, 2.45) is 0 Å². The van der Waals surface area contributed by atoms with E-state index in [2.05, 4.69) is 16.3 Å². The Hall–Kier alpha value is -2.39. The van der Waals surface area contributed by atoms with Gasteiger partial charge in [-0.1, -0.05) is 18.2 Å². The summed E-state index contributed by atoms with van der Waals surface area (Å²) < 4.78 is 0.